The number of nitrogens with zero attached hydrogens (tertiary/aromatic N) is 2. The van der Waals surface area contributed by atoms with Crippen LogP contribution in [0.15, 0.2) is 24.3 Å². The van der Waals surface area contributed by atoms with E-state index in [9.17, 15) is 8.42 Å². The lowest BCUT2D eigenvalue weighted by molar-refractivity contribution is 0.416. The van der Waals surface area contributed by atoms with Crippen LogP contribution in [0.5, 0.6) is 0 Å². The fourth-order valence-corrected chi connectivity index (χ4v) is 2.98. The average molecular weight is 266 g/mol. The van der Waals surface area contributed by atoms with Crippen LogP contribution in [0.2, 0.25) is 0 Å². The molecule has 0 saturated heterocycles. The Morgan fingerprint density at radius 3 is 2.28 bits per heavy atom. The highest BCUT2D eigenvalue weighted by Crippen LogP contribution is 2.12. The van der Waals surface area contributed by atoms with Gasteiger partial charge in [0.1, 0.15) is 0 Å². The second-order valence-corrected chi connectivity index (χ2v) is 6.82. The van der Waals surface area contributed by atoms with E-state index in [0.29, 0.717) is 23.6 Å². The molecular weight excluding hydrogens is 248 g/mol. The molecule has 0 aliphatic carbocycles. The van der Waals surface area contributed by atoms with Gasteiger partial charge in [-0.3, -0.25) is 0 Å². The quantitative estimate of drug-likeness (QED) is 0.818. The van der Waals surface area contributed by atoms with Gasteiger partial charge in [-0.1, -0.05) is 26.0 Å². The van der Waals surface area contributed by atoms with E-state index in [1.54, 1.807) is 31.3 Å². The molecule has 4 nitrogen and oxygen atoms in total. The van der Waals surface area contributed by atoms with Crippen molar-refractivity contribution in [3.63, 3.8) is 0 Å². The molecule has 98 valence electrons. The van der Waals surface area contributed by atoms with Gasteiger partial charge >= 0.3 is 0 Å². The molecule has 0 saturated carbocycles. The summed E-state index contributed by atoms with van der Waals surface area (Å²) >= 11 is 0. The molecule has 0 unspecified atom stereocenters. The normalized spacial score (nSPS) is 11.8. The number of hydrogen-bond donors (Lipinski definition) is 0. The molecule has 0 spiro atoms. The lowest BCUT2D eigenvalue weighted by atomic mass is 10.2. The number of sulfonamides is 1. The second-order valence-electron chi connectivity index (χ2n) is 4.74. The molecule has 18 heavy (non-hydrogen) atoms. The zero-order valence-electron chi connectivity index (χ0n) is 10.9. The molecule has 1 rings (SSSR count). The van der Waals surface area contributed by atoms with Crippen LogP contribution < -0.4 is 0 Å². The number of benzene rings is 1. The predicted octanol–water partition coefficient (Wildman–Crippen LogP) is 1.98. The summed E-state index contributed by atoms with van der Waals surface area (Å²) in [6.07, 6.45) is 0. The van der Waals surface area contributed by atoms with Crippen molar-refractivity contribution in [2.45, 2.75) is 19.6 Å². The Bertz CT molecular complexity index is 527. The predicted molar refractivity (Wildman–Crippen MR) is 71.2 cm³/mol. The molecule has 0 aromatic heterocycles. The zero-order chi connectivity index (χ0) is 13.8. The van der Waals surface area contributed by atoms with Crippen molar-refractivity contribution in [3.8, 4) is 6.07 Å². The summed E-state index contributed by atoms with van der Waals surface area (Å²) in [6.45, 7) is 4.47. The Kier molecular flexibility index (Phi) is 4.88. The molecule has 0 N–H and O–H groups in total. The molecule has 1 aromatic rings. The van der Waals surface area contributed by atoms with Crippen LogP contribution in [0.1, 0.15) is 25.0 Å². The van der Waals surface area contributed by atoms with Gasteiger partial charge in [-0.15, -0.1) is 0 Å². The Morgan fingerprint density at radius 1 is 1.28 bits per heavy atom. The second kappa shape index (κ2) is 5.98. The Morgan fingerprint density at radius 2 is 1.83 bits per heavy atom. The van der Waals surface area contributed by atoms with Gasteiger partial charge in [0.15, 0.2) is 0 Å². The van der Waals surface area contributed by atoms with Crippen LogP contribution >= 0.6 is 0 Å². The standard InChI is InChI=1S/C13H18N2O2S/c1-11(2)9-15(3)18(16,17)10-13-6-4-12(8-14)5-7-13/h4-7,11H,9-10H2,1-3H3. The molecule has 5 heteroatoms. The highest BCUT2D eigenvalue weighted by atomic mass is 32.2. The van der Waals surface area contributed by atoms with E-state index in [-0.39, 0.29) is 5.75 Å². The van der Waals surface area contributed by atoms with Crippen molar-refractivity contribution in [2.24, 2.45) is 5.92 Å². The third-order valence-corrected chi connectivity index (χ3v) is 4.33. The first-order valence-corrected chi connectivity index (χ1v) is 7.39. The van der Waals surface area contributed by atoms with Crippen molar-refractivity contribution in [2.75, 3.05) is 13.6 Å². The molecule has 1 aromatic carbocycles. The maximum Gasteiger partial charge on any atom is 0.218 e. The van der Waals surface area contributed by atoms with E-state index in [1.807, 2.05) is 19.9 Å². The van der Waals surface area contributed by atoms with Gasteiger partial charge in [-0.25, -0.2) is 12.7 Å². The van der Waals surface area contributed by atoms with Gasteiger partial charge in [0, 0.05) is 13.6 Å². The minimum atomic E-state index is -3.28. The van der Waals surface area contributed by atoms with Gasteiger partial charge in [-0.2, -0.15) is 5.26 Å². The van der Waals surface area contributed by atoms with E-state index in [1.165, 1.54) is 4.31 Å². The van der Waals surface area contributed by atoms with Gasteiger partial charge in [0.05, 0.1) is 17.4 Å². The summed E-state index contributed by atoms with van der Waals surface area (Å²) in [6, 6.07) is 8.63. The fraction of sp³-hybridized carbons (Fsp3) is 0.462. The van der Waals surface area contributed by atoms with Crippen molar-refractivity contribution in [1.82, 2.24) is 4.31 Å². The van der Waals surface area contributed by atoms with Crippen LogP contribution in [0.4, 0.5) is 0 Å². The van der Waals surface area contributed by atoms with E-state index < -0.39 is 10.0 Å². The average Bonchev–Trinajstić information content (AvgIpc) is 2.28. The lowest BCUT2D eigenvalue weighted by Crippen LogP contribution is -2.31. The molecule has 0 aliphatic heterocycles. The monoisotopic (exact) mass is 266 g/mol. The SMILES string of the molecule is CC(C)CN(C)S(=O)(=O)Cc1ccc(C#N)cc1. The van der Waals surface area contributed by atoms with Crippen molar-refractivity contribution >= 4 is 10.0 Å². The van der Waals surface area contributed by atoms with Gasteiger partial charge in [-0.05, 0) is 23.6 Å². The van der Waals surface area contributed by atoms with Crippen LogP contribution in [0.25, 0.3) is 0 Å². The van der Waals surface area contributed by atoms with E-state index >= 15 is 0 Å². The van der Waals surface area contributed by atoms with Gasteiger partial charge < -0.3 is 0 Å². The highest BCUT2D eigenvalue weighted by Gasteiger charge is 2.19. The topological polar surface area (TPSA) is 61.2 Å². The maximum atomic E-state index is 12.1. The molecule has 0 amide bonds. The number of nitriles is 1. The molecule has 0 bridgehead atoms. The van der Waals surface area contributed by atoms with Crippen LogP contribution in [-0.2, 0) is 15.8 Å². The summed E-state index contributed by atoms with van der Waals surface area (Å²) in [4.78, 5) is 0. The lowest BCUT2D eigenvalue weighted by Gasteiger charge is -2.19. The van der Waals surface area contributed by atoms with E-state index in [2.05, 4.69) is 0 Å². The molecule has 0 aliphatic rings. The largest absolute Gasteiger partial charge is 0.218 e. The minimum Gasteiger partial charge on any atom is -0.212 e. The first kappa shape index (κ1) is 14.7. The fourth-order valence-electron chi connectivity index (χ4n) is 1.62. The summed E-state index contributed by atoms with van der Waals surface area (Å²) < 4.78 is 25.5. The smallest absolute Gasteiger partial charge is 0.212 e. The summed E-state index contributed by atoms with van der Waals surface area (Å²) in [5, 5.41) is 8.67. The van der Waals surface area contributed by atoms with Crippen LogP contribution in [-0.4, -0.2) is 26.3 Å². The maximum absolute atomic E-state index is 12.1. The molecule has 0 heterocycles. The third-order valence-electron chi connectivity index (χ3n) is 2.53. The van der Waals surface area contributed by atoms with E-state index in [4.69, 9.17) is 5.26 Å². The Balaban J connectivity index is 2.79. The zero-order valence-corrected chi connectivity index (χ0v) is 11.7. The summed E-state index contributed by atoms with van der Waals surface area (Å²) in [5.41, 5.74) is 1.23. The van der Waals surface area contributed by atoms with Crippen molar-refractivity contribution in [3.05, 3.63) is 35.4 Å². The molecule has 0 fully saturated rings. The highest BCUT2D eigenvalue weighted by molar-refractivity contribution is 7.88. The number of hydrogen-bond acceptors (Lipinski definition) is 3. The summed E-state index contributed by atoms with van der Waals surface area (Å²) in [5.74, 6) is 0.271. The first-order chi connectivity index (χ1) is 8.35. The van der Waals surface area contributed by atoms with Crippen molar-refractivity contribution < 1.29 is 8.42 Å². The first-order valence-electron chi connectivity index (χ1n) is 5.78. The Hall–Kier alpha value is -1.38. The summed E-state index contributed by atoms with van der Waals surface area (Å²) in [7, 11) is -1.68. The Labute approximate surface area is 109 Å². The number of rotatable bonds is 5. The molecule has 0 atom stereocenters. The van der Waals surface area contributed by atoms with E-state index in [0.717, 1.165) is 0 Å². The van der Waals surface area contributed by atoms with Gasteiger partial charge in [0.25, 0.3) is 0 Å². The third kappa shape index (κ3) is 4.13. The van der Waals surface area contributed by atoms with Crippen LogP contribution in [0, 0.1) is 17.2 Å². The van der Waals surface area contributed by atoms with Crippen LogP contribution in [0.3, 0.4) is 0 Å². The molecule has 0 radical (unpaired) electrons. The van der Waals surface area contributed by atoms with Gasteiger partial charge in [0.2, 0.25) is 10.0 Å². The van der Waals surface area contributed by atoms with Crippen molar-refractivity contribution in [1.29, 1.82) is 5.26 Å². The minimum absolute atomic E-state index is 0.0259. The molecular formula is C13H18N2O2S.